The van der Waals surface area contributed by atoms with Crippen LogP contribution < -0.4 is 5.32 Å². The number of hydrogen-bond donors (Lipinski definition) is 1. The molecule has 15 heavy (non-hydrogen) atoms. The van der Waals surface area contributed by atoms with Gasteiger partial charge in [-0.2, -0.15) is 13.2 Å². The van der Waals surface area contributed by atoms with Gasteiger partial charge in [0.05, 0.1) is 6.04 Å². The van der Waals surface area contributed by atoms with Gasteiger partial charge in [0.1, 0.15) is 0 Å². The third-order valence-electron chi connectivity index (χ3n) is 1.63. The van der Waals surface area contributed by atoms with Gasteiger partial charge in [0, 0.05) is 26.4 Å². The van der Waals surface area contributed by atoms with Crippen molar-refractivity contribution >= 4 is 17.7 Å². The van der Waals surface area contributed by atoms with Crippen molar-refractivity contribution in [2.24, 2.45) is 0 Å². The minimum atomic E-state index is -4.20. The Kier molecular flexibility index (Phi) is 6.04. The molecule has 0 aromatic rings. The van der Waals surface area contributed by atoms with Gasteiger partial charge in [-0.1, -0.05) is 0 Å². The summed E-state index contributed by atoms with van der Waals surface area (Å²) in [6.07, 6.45) is 0. The van der Waals surface area contributed by atoms with Gasteiger partial charge in [0.2, 0.25) is 5.91 Å². The number of carbonyl (C=O) groups excluding carboxylic acids is 1. The molecule has 0 radical (unpaired) electrons. The van der Waals surface area contributed by atoms with E-state index in [4.69, 9.17) is 0 Å². The Balaban J connectivity index is 3.65. The van der Waals surface area contributed by atoms with Gasteiger partial charge in [-0.3, -0.25) is 4.79 Å². The summed E-state index contributed by atoms with van der Waals surface area (Å²) in [4.78, 5) is 12.7. The lowest BCUT2D eigenvalue weighted by Gasteiger charge is -2.17. The van der Waals surface area contributed by atoms with Crippen molar-refractivity contribution < 1.29 is 18.0 Å². The Morgan fingerprint density at radius 2 is 2.00 bits per heavy atom. The van der Waals surface area contributed by atoms with Crippen LogP contribution in [0, 0.1) is 0 Å². The molecule has 0 saturated heterocycles. The normalized spacial score (nSPS) is 13.7. The molecule has 7 heteroatoms. The Morgan fingerprint density at radius 1 is 1.47 bits per heavy atom. The number of thioether (sulfide) groups is 1. The summed E-state index contributed by atoms with van der Waals surface area (Å²) in [6.45, 7) is 1.78. The number of nitrogens with zero attached hydrogens (tertiary/aromatic N) is 1. The van der Waals surface area contributed by atoms with Crippen LogP contribution in [0.3, 0.4) is 0 Å². The van der Waals surface area contributed by atoms with Crippen LogP contribution in [0.25, 0.3) is 0 Å². The third kappa shape index (κ3) is 7.49. The molecule has 0 spiro atoms. The maximum absolute atomic E-state index is 11.7. The highest BCUT2D eigenvalue weighted by atomic mass is 32.2. The molecule has 0 bridgehead atoms. The topological polar surface area (TPSA) is 32.3 Å². The first kappa shape index (κ1) is 14.6. The molecule has 1 N–H and O–H groups in total. The molecular formula is C8H15F3N2OS. The summed E-state index contributed by atoms with van der Waals surface area (Å²) in [5.74, 6) is -0.235. The highest BCUT2D eigenvalue weighted by Crippen LogP contribution is 2.29. The average molecular weight is 244 g/mol. The summed E-state index contributed by atoms with van der Waals surface area (Å²) in [6, 6.07) is -0.450. The van der Waals surface area contributed by atoms with Crippen molar-refractivity contribution in [3.63, 3.8) is 0 Å². The van der Waals surface area contributed by atoms with Crippen LogP contribution in [0.1, 0.15) is 6.92 Å². The van der Waals surface area contributed by atoms with E-state index in [2.05, 4.69) is 5.32 Å². The van der Waals surface area contributed by atoms with Crippen molar-refractivity contribution in [1.82, 2.24) is 10.2 Å². The number of hydrogen-bond acceptors (Lipinski definition) is 3. The van der Waals surface area contributed by atoms with E-state index in [1.807, 2.05) is 0 Å². The number of likely N-dealkylation sites (N-methyl/N-ethyl adjacent to an activating group) is 1. The van der Waals surface area contributed by atoms with Gasteiger partial charge < -0.3 is 10.2 Å². The molecule has 0 rings (SSSR count). The summed E-state index contributed by atoms with van der Waals surface area (Å²) in [5, 5.41) is 2.72. The molecule has 1 atom stereocenters. The third-order valence-corrected chi connectivity index (χ3v) is 2.37. The van der Waals surface area contributed by atoms with Gasteiger partial charge in [0.15, 0.2) is 0 Å². The minimum absolute atomic E-state index is 0.0887. The van der Waals surface area contributed by atoms with Crippen LogP contribution in [0.5, 0.6) is 0 Å². The maximum atomic E-state index is 11.7. The fourth-order valence-corrected chi connectivity index (χ4v) is 1.37. The van der Waals surface area contributed by atoms with Crippen molar-refractivity contribution in [1.29, 1.82) is 0 Å². The Labute approximate surface area is 91.4 Å². The molecule has 1 unspecified atom stereocenters. The Bertz CT molecular complexity index is 209. The number of carbonyl (C=O) groups is 1. The molecule has 3 nitrogen and oxygen atoms in total. The zero-order valence-corrected chi connectivity index (χ0v) is 9.71. The quantitative estimate of drug-likeness (QED) is 0.740. The van der Waals surface area contributed by atoms with Gasteiger partial charge in [-0.15, -0.1) is 0 Å². The molecule has 90 valence electrons. The second-order valence-corrected chi connectivity index (χ2v) is 4.36. The molecule has 0 aromatic heterocycles. The van der Waals surface area contributed by atoms with E-state index in [0.29, 0.717) is 0 Å². The molecule has 0 saturated carbocycles. The fraction of sp³-hybridized carbons (Fsp3) is 0.875. The van der Waals surface area contributed by atoms with Crippen LogP contribution in [0.2, 0.25) is 0 Å². The average Bonchev–Trinajstić information content (AvgIpc) is 2.09. The number of amides is 1. The van der Waals surface area contributed by atoms with Crippen LogP contribution in [-0.4, -0.2) is 48.8 Å². The molecule has 0 aliphatic carbocycles. The molecule has 0 heterocycles. The lowest BCUT2D eigenvalue weighted by molar-refractivity contribution is -0.130. The van der Waals surface area contributed by atoms with Crippen LogP contribution in [0.4, 0.5) is 13.2 Å². The van der Waals surface area contributed by atoms with Crippen molar-refractivity contribution in [2.75, 3.05) is 26.4 Å². The van der Waals surface area contributed by atoms with Crippen molar-refractivity contribution in [2.45, 2.75) is 18.5 Å². The second-order valence-electron chi connectivity index (χ2n) is 3.20. The molecule has 0 aliphatic rings. The largest absolute Gasteiger partial charge is 0.441 e. The standard InChI is InChI=1S/C8H15F3N2OS/c1-6(7(14)13(2)3)12-4-5-15-8(9,10)11/h6,12H,4-5H2,1-3H3. The summed E-state index contributed by atoms with van der Waals surface area (Å²) >= 11 is -0.0917. The van der Waals surface area contributed by atoms with E-state index >= 15 is 0 Å². The van der Waals surface area contributed by atoms with Crippen LogP contribution in [0.15, 0.2) is 0 Å². The minimum Gasteiger partial charge on any atom is -0.347 e. The number of rotatable bonds is 5. The van der Waals surface area contributed by atoms with E-state index in [9.17, 15) is 18.0 Å². The van der Waals surface area contributed by atoms with E-state index in [-0.39, 0.29) is 30.0 Å². The first-order chi connectivity index (χ1) is 6.74. The number of alkyl halides is 3. The summed E-state index contributed by atoms with van der Waals surface area (Å²) in [5.41, 5.74) is -4.20. The van der Waals surface area contributed by atoms with Gasteiger partial charge in [-0.25, -0.2) is 0 Å². The van der Waals surface area contributed by atoms with Crippen molar-refractivity contribution in [3.8, 4) is 0 Å². The summed E-state index contributed by atoms with van der Waals surface area (Å²) < 4.78 is 35.2. The van der Waals surface area contributed by atoms with E-state index in [1.54, 1.807) is 21.0 Å². The molecule has 0 fully saturated rings. The lowest BCUT2D eigenvalue weighted by atomic mass is 10.3. The van der Waals surface area contributed by atoms with Crippen LogP contribution in [-0.2, 0) is 4.79 Å². The highest BCUT2D eigenvalue weighted by molar-refractivity contribution is 8.00. The predicted octanol–water partition coefficient (Wildman–Crippen LogP) is 1.31. The van der Waals surface area contributed by atoms with Gasteiger partial charge in [0.25, 0.3) is 0 Å². The van der Waals surface area contributed by atoms with Gasteiger partial charge in [-0.05, 0) is 18.7 Å². The zero-order valence-electron chi connectivity index (χ0n) is 8.89. The zero-order chi connectivity index (χ0) is 12.1. The number of halogens is 3. The van der Waals surface area contributed by atoms with E-state index in [1.165, 1.54) is 4.90 Å². The molecular weight excluding hydrogens is 229 g/mol. The maximum Gasteiger partial charge on any atom is 0.441 e. The lowest BCUT2D eigenvalue weighted by Crippen LogP contribution is -2.42. The van der Waals surface area contributed by atoms with E-state index in [0.717, 1.165) is 0 Å². The fourth-order valence-electron chi connectivity index (χ4n) is 0.917. The molecule has 1 amide bonds. The van der Waals surface area contributed by atoms with Crippen LogP contribution >= 0.6 is 11.8 Å². The first-order valence-corrected chi connectivity index (χ1v) is 5.38. The predicted molar refractivity (Wildman–Crippen MR) is 54.7 cm³/mol. The first-order valence-electron chi connectivity index (χ1n) is 4.39. The second kappa shape index (κ2) is 6.22. The van der Waals surface area contributed by atoms with Crippen molar-refractivity contribution in [3.05, 3.63) is 0 Å². The Morgan fingerprint density at radius 3 is 2.40 bits per heavy atom. The highest BCUT2D eigenvalue weighted by Gasteiger charge is 2.27. The molecule has 0 aromatic carbocycles. The monoisotopic (exact) mass is 244 g/mol. The molecule has 0 aliphatic heterocycles. The number of nitrogens with one attached hydrogen (secondary N) is 1. The smallest absolute Gasteiger partial charge is 0.347 e. The summed E-state index contributed by atoms with van der Waals surface area (Å²) in [7, 11) is 3.20. The SMILES string of the molecule is CC(NCCSC(F)(F)F)C(=O)N(C)C. The van der Waals surface area contributed by atoms with E-state index < -0.39 is 11.6 Å². The Hall–Kier alpha value is -0.430. The van der Waals surface area contributed by atoms with Gasteiger partial charge >= 0.3 is 5.51 Å².